The van der Waals surface area contributed by atoms with Gasteiger partial charge in [-0.2, -0.15) is 0 Å². The number of aliphatic carboxylic acids is 1. The maximum atomic E-state index is 13.6. The van der Waals surface area contributed by atoms with E-state index in [0.717, 1.165) is 12.8 Å². The van der Waals surface area contributed by atoms with E-state index in [1.165, 1.54) is 12.1 Å². The normalized spacial score (nSPS) is 20.1. The van der Waals surface area contributed by atoms with Crippen LogP contribution in [0.3, 0.4) is 0 Å². The zero-order valence-corrected chi connectivity index (χ0v) is 16.5. The zero-order chi connectivity index (χ0) is 20.7. The van der Waals surface area contributed by atoms with E-state index in [2.05, 4.69) is 18.5 Å². The molecule has 0 aromatic heterocycles. The third-order valence-electron chi connectivity index (χ3n) is 4.95. The maximum Gasteiger partial charge on any atom is 0.306 e. The molecule has 1 saturated carbocycles. The van der Waals surface area contributed by atoms with Crippen LogP contribution in [0.25, 0.3) is 0 Å². The Morgan fingerprint density at radius 1 is 1.32 bits per heavy atom. The second-order valence-electron chi connectivity index (χ2n) is 7.01. The molecular weight excluding hydrogens is 383 g/mol. The van der Waals surface area contributed by atoms with Gasteiger partial charge in [0.15, 0.2) is 0 Å². The molecule has 2 N–H and O–H groups in total. The number of nitrogens with one attached hydrogen (secondary N) is 1. The van der Waals surface area contributed by atoms with Crippen LogP contribution in [-0.4, -0.2) is 40.5 Å². The number of benzene rings is 1. The number of carbonyl (C=O) groups excluding carboxylic acids is 1. The molecule has 1 fully saturated rings. The number of amides is 1. The molecular formula is C21H26ClFN2O3. The number of carboxylic acid groups (broad SMARTS) is 1. The Morgan fingerprint density at radius 2 is 2.07 bits per heavy atom. The number of carboxylic acids is 1. The molecule has 1 amide bonds. The Bertz CT molecular complexity index is 720. The van der Waals surface area contributed by atoms with E-state index in [1.54, 1.807) is 23.1 Å². The van der Waals surface area contributed by atoms with Crippen molar-refractivity contribution in [3.8, 4) is 0 Å². The molecule has 7 heteroatoms. The van der Waals surface area contributed by atoms with Crippen molar-refractivity contribution in [3.63, 3.8) is 0 Å². The fourth-order valence-electron chi connectivity index (χ4n) is 3.66. The Kier molecular flexibility index (Phi) is 8.05. The third kappa shape index (κ3) is 5.83. The Morgan fingerprint density at radius 3 is 2.68 bits per heavy atom. The molecule has 1 aliphatic rings. The van der Waals surface area contributed by atoms with Gasteiger partial charge in [-0.15, -0.1) is 13.2 Å². The first-order chi connectivity index (χ1) is 13.3. The second kappa shape index (κ2) is 10.3. The van der Waals surface area contributed by atoms with E-state index < -0.39 is 23.7 Å². The first-order valence-electron chi connectivity index (χ1n) is 9.33. The third-order valence-corrected chi connectivity index (χ3v) is 5.17. The van der Waals surface area contributed by atoms with Crippen molar-refractivity contribution in [2.24, 2.45) is 5.92 Å². The lowest BCUT2D eigenvalue weighted by molar-refractivity contribution is -0.145. The highest BCUT2D eigenvalue weighted by Crippen LogP contribution is 2.29. The van der Waals surface area contributed by atoms with Crippen LogP contribution in [-0.2, 0) is 9.59 Å². The number of halogens is 2. The molecule has 0 bridgehead atoms. The maximum absolute atomic E-state index is 13.6. The van der Waals surface area contributed by atoms with E-state index in [0.29, 0.717) is 31.5 Å². The molecule has 152 valence electrons. The van der Waals surface area contributed by atoms with Gasteiger partial charge in [0.2, 0.25) is 5.91 Å². The summed E-state index contributed by atoms with van der Waals surface area (Å²) in [5.74, 6) is -1.98. The van der Waals surface area contributed by atoms with Crippen molar-refractivity contribution in [2.75, 3.05) is 11.9 Å². The Labute approximate surface area is 169 Å². The highest BCUT2D eigenvalue weighted by atomic mass is 35.5. The SMILES string of the molecule is C=CC[C@@H](Nc1cc(F)cc(Cl)c1)C(=O)N(CC=C)[C@@H]1CCCC(C(=O)O)C1. The molecule has 1 aromatic carbocycles. The Hall–Kier alpha value is -2.34. The van der Waals surface area contributed by atoms with Gasteiger partial charge < -0.3 is 15.3 Å². The van der Waals surface area contributed by atoms with Crippen LogP contribution < -0.4 is 5.32 Å². The van der Waals surface area contributed by atoms with Crippen molar-refractivity contribution in [1.82, 2.24) is 4.90 Å². The summed E-state index contributed by atoms with van der Waals surface area (Å²) < 4.78 is 13.6. The topological polar surface area (TPSA) is 69.6 Å². The summed E-state index contributed by atoms with van der Waals surface area (Å²) in [6.45, 7) is 7.75. The highest BCUT2D eigenvalue weighted by molar-refractivity contribution is 6.30. The van der Waals surface area contributed by atoms with E-state index in [-0.39, 0.29) is 17.0 Å². The summed E-state index contributed by atoms with van der Waals surface area (Å²) in [6.07, 6.45) is 6.11. The minimum Gasteiger partial charge on any atom is -0.481 e. The van der Waals surface area contributed by atoms with Crippen LogP contribution in [0.15, 0.2) is 43.5 Å². The lowest BCUT2D eigenvalue weighted by atomic mass is 9.84. The van der Waals surface area contributed by atoms with Crippen molar-refractivity contribution in [3.05, 3.63) is 54.3 Å². The average molecular weight is 409 g/mol. The number of nitrogens with zero attached hydrogens (tertiary/aromatic N) is 1. The smallest absolute Gasteiger partial charge is 0.306 e. The summed E-state index contributed by atoms with van der Waals surface area (Å²) >= 11 is 5.91. The van der Waals surface area contributed by atoms with Gasteiger partial charge in [0.25, 0.3) is 0 Å². The largest absolute Gasteiger partial charge is 0.481 e. The first-order valence-corrected chi connectivity index (χ1v) is 9.71. The van der Waals surface area contributed by atoms with Gasteiger partial charge >= 0.3 is 5.97 Å². The summed E-state index contributed by atoms with van der Waals surface area (Å²) in [4.78, 5) is 26.3. The van der Waals surface area contributed by atoms with Gasteiger partial charge in [0.05, 0.1) is 5.92 Å². The minimum absolute atomic E-state index is 0.175. The predicted octanol–water partition coefficient (Wildman–Crippen LogP) is 4.49. The number of hydrogen-bond donors (Lipinski definition) is 2. The molecule has 0 saturated heterocycles. The Balaban J connectivity index is 2.22. The quantitative estimate of drug-likeness (QED) is 0.590. The van der Waals surface area contributed by atoms with Crippen molar-refractivity contribution < 1.29 is 19.1 Å². The van der Waals surface area contributed by atoms with Gasteiger partial charge in [-0.1, -0.05) is 30.2 Å². The molecule has 2 rings (SSSR count). The van der Waals surface area contributed by atoms with Crippen LogP contribution in [0.4, 0.5) is 10.1 Å². The van der Waals surface area contributed by atoms with Crippen molar-refractivity contribution >= 4 is 29.2 Å². The van der Waals surface area contributed by atoms with Crippen LogP contribution in [0, 0.1) is 11.7 Å². The molecule has 1 unspecified atom stereocenters. The van der Waals surface area contributed by atoms with Gasteiger partial charge in [-0.3, -0.25) is 9.59 Å². The van der Waals surface area contributed by atoms with E-state index in [4.69, 9.17) is 11.6 Å². The lowest BCUT2D eigenvalue weighted by Crippen LogP contribution is -2.50. The summed E-state index contributed by atoms with van der Waals surface area (Å²) in [6, 6.07) is 3.17. The van der Waals surface area contributed by atoms with Crippen LogP contribution in [0.5, 0.6) is 0 Å². The average Bonchev–Trinajstić information content (AvgIpc) is 2.64. The van der Waals surface area contributed by atoms with Gasteiger partial charge in [0, 0.05) is 23.3 Å². The number of carbonyl (C=O) groups is 2. The number of rotatable bonds is 9. The molecule has 0 radical (unpaired) electrons. The molecule has 1 aromatic rings. The molecule has 0 aliphatic heterocycles. The molecule has 0 heterocycles. The van der Waals surface area contributed by atoms with E-state index in [1.807, 2.05) is 0 Å². The zero-order valence-electron chi connectivity index (χ0n) is 15.7. The molecule has 3 atom stereocenters. The molecule has 1 aliphatic carbocycles. The van der Waals surface area contributed by atoms with Crippen LogP contribution in [0.1, 0.15) is 32.1 Å². The lowest BCUT2D eigenvalue weighted by Gasteiger charge is -2.38. The fraction of sp³-hybridized carbons (Fsp3) is 0.429. The van der Waals surface area contributed by atoms with Crippen LogP contribution >= 0.6 is 11.6 Å². The predicted molar refractivity (Wildman–Crippen MR) is 109 cm³/mol. The number of anilines is 1. The van der Waals surface area contributed by atoms with Gasteiger partial charge in [-0.25, -0.2) is 4.39 Å². The van der Waals surface area contributed by atoms with Gasteiger partial charge in [0.1, 0.15) is 11.9 Å². The molecule has 28 heavy (non-hydrogen) atoms. The van der Waals surface area contributed by atoms with Crippen molar-refractivity contribution in [2.45, 2.75) is 44.2 Å². The van der Waals surface area contributed by atoms with Crippen molar-refractivity contribution in [1.29, 1.82) is 0 Å². The van der Waals surface area contributed by atoms with Crippen LogP contribution in [0.2, 0.25) is 5.02 Å². The summed E-state index contributed by atoms with van der Waals surface area (Å²) in [7, 11) is 0. The van der Waals surface area contributed by atoms with Gasteiger partial charge in [-0.05, 0) is 43.9 Å². The number of hydrogen-bond acceptors (Lipinski definition) is 3. The van der Waals surface area contributed by atoms with E-state index in [9.17, 15) is 19.1 Å². The first kappa shape index (κ1) is 22.0. The molecule has 5 nitrogen and oxygen atoms in total. The standard InChI is InChI=1S/C21H26ClFN2O3/c1-3-6-19(24-17-12-15(22)11-16(23)13-17)20(26)25(9-4-2)18-8-5-7-14(10-18)21(27)28/h3-4,11-14,18-19,24H,1-2,5-10H2,(H,27,28)/t14?,18-,19-/m1/s1. The summed E-state index contributed by atoms with van der Waals surface area (Å²) in [5.41, 5.74) is 0.399. The second-order valence-corrected chi connectivity index (χ2v) is 7.45. The van der Waals surface area contributed by atoms with E-state index >= 15 is 0 Å². The monoisotopic (exact) mass is 408 g/mol. The fourth-order valence-corrected chi connectivity index (χ4v) is 3.88. The minimum atomic E-state index is -0.828. The molecule has 0 spiro atoms. The summed E-state index contributed by atoms with van der Waals surface area (Å²) in [5, 5.41) is 12.6. The highest BCUT2D eigenvalue weighted by Gasteiger charge is 2.34.